The molecule has 4 atom stereocenters. The number of rotatable bonds is 8. The van der Waals surface area contributed by atoms with Crippen molar-refractivity contribution < 1.29 is 4.74 Å². The van der Waals surface area contributed by atoms with E-state index in [4.69, 9.17) is 4.74 Å². The summed E-state index contributed by atoms with van der Waals surface area (Å²) in [4.78, 5) is 0. The van der Waals surface area contributed by atoms with Crippen molar-refractivity contribution in [1.29, 1.82) is 0 Å². The Labute approximate surface area is 191 Å². The Morgan fingerprint density at radius 2 is 1.48 bits per heavy atom. The Morgan fingerprint density at radius 3 is 2.19 bits per heavy atom. The number of fused-ring (bicyclic) bond motifs is 1. The zero-order valence-electron chi connectivity index (χ0n) is 19.8. The van der Waals surface area contributed by atoms with Crippen LogP contribution in [0.2, 0.25) is 0 Å². The second kappa shape index (κ2) is 11.4. The monoisotopic (exact) mass is 420 g/mol. The zero-order chi connectivity index (χ0) is 21.5. The molecule has 1 heteroatoms. The van der Waals surface area contributed by atoms with E-state index in [0.29, 0.717) is 6.61 Å². The summed E-state index contributed by atoms with van der Waals surface area (Å²) in [6, 6.07) is 8.92. The predicted molar refractivity (Wildman–Crippen MR) is 133 cm³/mol. The van der Waals surface area contributed by atoms with Crippen molar-refractivity contribution in [2.24, 2.45) is 29.6 Å². The van der Waals surface area contributed by atoms with Crippen molar-refractivity contribution in [2.75, 3.05) is 6.61 Å². The van der Waals surface area contributed by atoms with Gasteiger partial charge in [0.25, 0.3) is 0 Å². The lowest BCUT2D eigenvalue weighted by Crippen LogP contribution is -2.34. The van der Waals surface area contributed by atoms with Gasteiger partial charge < -0.3 is 4.74 Å². The van der Waals surface area contributed by atoms with Crippen LogP contribution in [0.1, 0.15) is 95.5 Å². The highest BCUT2D eigenvalue weighted by atomic mass is 16.5. The highest BCUT2D eigenvalue weighted by Gasteiger charge is 2.39. The molecule has 3 aliphatic rings. The van der Waals surface area contributed by atoms with Gasteiger partial charge in [-0.3, -0.25) is 0 Å². The Kier molecular flexibility index (Phi) is 8.34. The third-order valence-electron chi connectivity index (χ3n) is 8.91. The van der Waals surface area contributed by atoms with E-state index in [1.165, 1.54) is 76.2 Å². The fourth-order valence-electron chi connectivity index (χ4n) is 7.09. The molecule has 1 nitrogen and oxygen atoms in total. The quantitative estimate of drug-likeness (QED) is 0.382. The number of hydrogen-bond donors (Lipinski definition) is 0. The first-order valence-corrected chi connectivity index (χ1v) is 13.2. The minimum Gasteiger partial charge on any atom is -0.490 e. The molecular weight excluding hydrogens is 376 g/mol. The minimum atomic E-state index is 0.589. The van der Waals surface area contributed by atoms with Crippen LogP contribution in [0.25, 0.3) is 0 Å². The first kappa shape index (κ1) is 22.7. The summed E-state index contributed by atoms with van der Waals surface area (Å²) in [6.45, 7) is 6.47. The summed E-state index contributed by atoms with van der Waals surface area (Å²) in [6.07, 6.45) is 24.0. The molecule has 0 bridgehead atoms. The van der Waals surface area contributed by atoms with E-state index in [9.17, 15) is 0 Å². The molecule has 0 amide bonds. The maximum Gasteiger partial charge on any atom is 0.119 e. The lowest BCUT2D eigenvalue weighted by molar-refractivity contribution is 0.0713. The number of ether oxygens (including phenoxy) is 1. The lowest BCUT2D eigenvalue weighted by atomic mass is 9.60. The van der Waals surface area contributed by atoms with Gasteiger partial charge in [0, 0.05) is 0 Å². The first-order valence-electron chi connectivity index (χ1n) is 13.2. The summed E-state index contributed by atoms with van der Waals surface area (Å²) in [5.74, 6) is 6.80. The van der Waals surface area contributed by atoms with Crippen molar-refractivity contribution in [3.05, 3.63) is 54.6 Å². The highest BCUT2D eigenvalue weighted by Crippen LogP contribution is 2.51. The van der Waals surface area contributed by atoms with Crippen LogP contribution in [0.4, 0.5) is 0 Å². The van der Waals surface area contributed by atoms with Gasteiger partial charge in [-0.1, -0.05) is 49.8 Å². The van der Waals surface area contributed by atoms with Crippen LogP contribution < -0.4 is 4.74 Å². The summed E-state index contributed by atoms with van der Waals surface area (Å²) < 4.78 is 5.66. The van der Waals surface area contributed by atoms with Gasteiger partial charge in [0.15, 0.2) is 0 Å². The number of benzene rings is 1. The molecule has 1 aromatic carbocycles. The van der Waals surface area contributed by atoms with Crippen LogP contribution in [-0.4, -0.2) is 6.61 Å². The second-order valence-corrected chi connectivity index (χ2v) is 10.7. The average Bonchev–Trinajstić information content (AvgIpc) is 2.83. The molecule has 3 saturated carbocycles. The van der Waals surface area contributed by atoms with E-state index in [-0.39, 0.29) is 0 Å². The predicted octanol–water partition coefficient (Wildman–Crippen LogP) is 8.71. The van der Waals surface area contributed by atoms with Gasteiger partial charge >= 0.3 is 0 Å². The Balaban J connectivity index is 1.23. The Hall–Kier alpha value is -1.50. The van der Waals surface area contributed by atoms with Gasteiger partial charge in [0.1, 0.15) is 12.4 Å². The largest absolute Gasteiger partial charge is 0.490 e. The van der Waals surface area contributed by atoms with Crippen molar-refractivity contribution in [1.82, 2.24) is 0 Å². The standard InChI is InChI=1S/C30H44O/c1-3-5-6-7-23-8-10-24(11-9-23)26-12-14-29-22-27(13-15-28(29)21-26)25-16-18-30(19-17-25)31-20-4-2/h3-5,16-19,23-24,26-29H,2,6-15,20-22H2,1H3/b5-3+. The molecule has 31 heavy (non-hydrogen) atoms. The molecule has 0 aliphatic heterocycles. The van der Waals surface area contributed by atoms with Gasteiger partial charge in [-0.2, -0.15) is 0 Å². The fourth-order valence-corrected chi connectivity index (χ4v) is 7.09. The summed E-state index contributed by atoms with van der Waals surface area (Å²) in [7, 11) is 0. The zero-order valence-corrected chi connectivity index (χ0v) is 19.8. The minimum absolute atomic E-state index is 0.589. The molecule has 3 aliphatic carbocycles. The molecule has 0 radical (unpaired) electrons. The van der Waals surface area contributed by atoms with Gasteiger partial charge in [-0.25, -0.2) is 0 Å². The topological polar surface area (TPSA) is 9.23 Å². The molecule has 3 fully saturated rings. The molecular formula is C30H44O. The molecule has 4 unspecified atom stereocenters. The Bertz CT molecular complexity index is 694. The molecule has 0 heterocycles. The highest BCUT2D eigenvalue weighted by molar-refractivity contribution is 5.30. The van der Waals surface area contributed by atoms with Crippen LogP contribution in [0.5, 0.6) is 5.75 Å². The van der Waals surface area contributed by atoms with Crippen molar-refractivity contribution in [3.63, 3.8) is 0 Å². The van der Waals surface area contributed by atoms with Crippen LogP contribution >= 0.6 is 0 Å². The van der Waals surface area contributed by atoms with E-state index in [1.54, 1.807) is 6.42 Å². The number of hydrogen-bond acceptors (Lipinski definition) is 1. The normalized spacial score (nSPS) is 33.7. The van der Waals surface area contributed by atoms with Crippen LogP contribution in [-0.2, 0) is 0 Å². The van der Waals surface area contributed by atoms with E-state index >= 15 is 0 Å². The third-order valence-corrected chi connectivity index (χ3v) is 8.91. The smallest absolute Gasteiger partial charge is 0.119 e. The third kappa shape index (κ3) is 6.05. The molecule has 0 aromatic heterocycles. The van der Waals surface area contributed by atoms with E-state index < -0.39 is 0 Å². The average molecular weight is 421 g/mol. The number of allylic oxidation sites excluding steroid dienone is 2. The molecule has 4 rings (SSSR count). The molecule has 170 valence electrons. The molecule has 0 saturated heterocycles. The maximum absolute atomic E-state index is 5.66. The van der Waals surface area contributed by atoms with E-state index in [0.717, 1.165) is 41.3 Å². The summed E-state index contributed by atoms with van der Waals surface area (Å²) in [5.41, 5.74) is 1.53. The first-order chi connectivity index (χ1) is 15.3. The van der Waals surface area contributed by atoms with Crippen LogP contribution in [0, 0.1) is 29.6 Å². The fraction of sp³-hybridized carbons (Fsp3) is 0.667. The SMILES string of the molecule is C=CCOc1ccc(C2CCC3CC(C4CCC(CC/C=C/C)CC4)CCC3C2)cc1. The van der Waals surface area contributed by atoms with Crippen LogP contribution in [0.3, 0.4) is 0 Å². The molecule has 1 aromatic rings. The second-order valence-electron chi connectivity index (χ2n) is 10.7. The van der Waals surface area contributed by atoms with Crippen molar-refractivity contribution in [2.45, 2.75) is 89.9 Å². The lowest BCUT2D eigenvalue weighted by Gasteiger charge is -2.45. The van der Waals surface area contributed by atoms with Gasteiger partial charge in [-0.15, -0.1) is 0 Å². The molecule has 0 N–H and O–H groups in total. The van der Waals surface area contributed by atoms with E-state index in [2.05, 4.69) is 49.9 Å². The van der Waals surface area contributed by atoms with Gasteiger partial charge in [0.2, 0.25) is 0 Å². The van der Waals surface area contributed by atoms with Crippen molar-refractivity contribution >= 4 is 0 Å². The van der Waals surface area contributed by atoms with Crippen LogP contribution in [0.15, 0.2) is 49.1 Å². The van der Waals surface area contributed by atoms with Gasteiger partial charge in [-0.05, 0) is 124 Å². The van der Waals surface area contributed by atoms with E-state index in [1.807, 2.05) is 6.08 Å². The summed E-state index contributed by atoms with van der Waals surface area (Å²) in [5, 5.41) is 0. The molecule has 0 spiro atoms. The van der Waals surface area contributed by atoms with Gasteiger partial charge in [0.05, 0.1) is 0 Å². The van der Waals surface area contributed by atoms with Crippen molar-refractivity contribution in [3.8, 4) is 5.75 Å². The summed E-state index contributed by atoms with van der Waals surface area (Å²) >= 11 is 0. The maximum atomic E-state index is 5.66. The Morgan fingerprint density at radius 1 is 0.839 bits per heavy atom.